The fourth-order valence-electron chi connectivity index (χ4n) is 1.55. The maximum Gasteiger partial charge on any atom is 0.191 e. The first kappa shape index (κ1) is 12.5. The number of rotatable bonds is 4. The summed E-state index contributed by atoms with van der Waals surface area (Å²) in [6.45, 7) is 0.575. The predicted octanol–water partition coefficient (Wildman–Crippen LogP) is 3.00. The Morgan fingerprint density at radius 1 is 0.889 bits per heavy atom. The van der Waals surface area contributed by atoms with Crippen molar-refractivity contribution in [1.82, 2.24) is 0 Å². The molecule has 18 heavy (non-hydrogen) atoms. The van der Waals surface area contributed by atoms with E-state index in [0.717, 1.165) is 23.3 Å². The van der Waals surface area contributed by atoms with Crippen LogP contribution in [0.1, 0.15) is 11.1 Å². The van der Waals surface area contributed by atoms with Gasteiger partial charge in [0.05, 0.1) is 0 Å². The van der Waals surface area contributed by atoms with Crippen molar-refractivity contribution in [2.75, 3.05) is 0 Å². The normalized spacial score (nSPS) is 10.4. The van der Waals surface area contributed by atoms with Crippen LogP contribution in [-0.2, 0) is 13.2 Å². The molecule has 0 bridgehead atoms. The van der Waals surface area contributed by atoms with Crippen LogP contribution >= 0.6 is 0 Å². The van der Waals surface area contributed by atoms with Crippen LogP contribution in [0.25, 0.3) is 0 Å². The predicted molar refractivity (Wildman–Crippen MR) is 65.0 cm³/mol. The van der Waals surface area contributed by atoms with Gasteiger partial charge >= 0.3 is 0 Å². The highest BCUT2D eigenvalue weighted by molar-refractivity contribution is 5.27. The van der Waals surface area contributed by atoms with E-state index in [2.05, 4.69) is 0 Å². The molecule has 0 heterocycles. The van der Waals surface area contributed by atoms with Crippen LogP contribution in [0.5, 0.6) is 5.75 Å². The Labute approximate surface area is 104 Å². The molecule has 0 saturated heterocycles. The number of benzene rings is 2. The van der Waals surface area contributed by atoms with E-state index in [1.54, 1.807) is 0 Å². The standard InChI is InChI=1S/C14H13F2NO/c15-12-2-1-3-13(16)14(12)18-9-11-6-4-10(8-17)5-7-11/h1-7H,8-9,17H2. The highest BCUT2D eigenvalue weighted by atomic mass is 19.1. The molecule has 4 heteroatoms. The van der Waals surface area contributed by atoms with E-state index in [9.17, 15) is 8.78 Å². The molecule has 2 nitrogen and oxygen atoms in total. The van der Waals surface area contributed by atoms with Gasteiger partial charge in [0.2, 0.25) is 0 Å². The highest BCUT2D eigenvalue weighted by Gasteiger charge is 2.09. The molecular weight excluding hydrogens is 236 g/mol. The molecule has 0 atom stereocenters. The van der Waals surface area contributed by atoms with Crippen molar-refractivity contribution in [3.63, 3.8) is 0 Å². The van der Waals surface area contributed by atoms with Gasteiger partial charge in [0.1, 0.15) is 6.61 Å². The Kier molecular flexibility index (Phi) is 3.89. The summed E-state index contributed by atoms with van der Waals surface area (Å²) in [6, 6.07) is 11.0. The first-order valence-corrected chi connectivity index (χ1v) is 5.55. The van der Waals surface area contributed by atoms with Crippen LogP contribution in [0.15, 0.2) is 42.5 Å². The monoisotopic (exact) mass is 249 g/mol. The summed E-state index contributed by atoms with van der Waals surface area (Å²) in [7, 11) is 0. The molecule has 0 unspecified atom stereocenters. The Morgan fingerprint density at radius 3 is 2.00 bits per heavy atom. The zero-order valence-electron chi connectivity index (χ0n) is 9.70. The van der Waals surface area contributed by atoms with Crippen molar-refractivity contribution in [1.29, 1.82) is 0 Å². The minimum absolute atomic E-state index is 0.114. The van der Waals surface area contributed by atoms with E-state index in [0.29, 0.717) is 6.54 Å². The van der Waals surface area contributed by atoms with E-state index in [1.807, 2.05) is 24.3 Å². The number of nitrogens with two attached hydrogens (primary N) is 1. The molecule has 2 N–H and O–H groups in total. The lowest BCUT2D eigenvalue weighted by Gasteiger charge is -2.08. The maximum atomic E-state index is 13.3. The highest BCUT2D eigenvalue weighted by Crippen LogP contribution is 2.22. The van der Waals surface area contributed by atoms with Crippen LogP contribution < -0.4 is 10.5 Å². The summed E-state index contributed by atoms with van der Waals surface area (Å²) in [5.41, 5.74) is 7.30. The lowest BCUT2D eigenvalue weighted by atomic mass is 10.1. The zero-order chi connectivity index (χ0) is 13.0. The lowest BCUT2D eigenvalue weighted by molar-refractivity contribution is 0.274. The fourth-order valence-corrected chi connectivity index (χ4v) is 1.55. The first-order chi connectivity index (χ1) is 8.70. The third-order valence-electron chi connectivity index (χ3n) is 2.56. The van der Waals surface area contributed by atoms with Crippen molar-refractivity contribution in [2.24, 2.45) is 5.73 Å². The molecule has 0 aliphatic carbocycles. The molecule has 0 aliphatic heterocycles. The summed E-state index contributed by atoms with van der Waals surface area (Å²) in [6.07, 6.45) is 0. The smallest absolute Gasteiger partial charge is 0.191 e. The molecule has 2 aromatic carbocycles. The molecule has 2 rings (SSSR count). The molecule has 0 radical (unpaired) electrons. The Bertz CT molecular complexity index is 506. The number of para-hydroxylation sites is 1. The van der Waals surface area contributed by atoms with Crippen LogP contribution in [0.2, 0.25) is 0 Å². The summed E-state index contributed by atoms with van der Waals surface area (Å²) in [5.74, 6) is -1.75. The third-order valence-corrected chi connectivity index (χ3v) is 2.56. The van der Waals surface area contributed by atoms with Crippen LogP contribution in [-0.4, -0.2) is 0 Å². The van der Waals surface area contributed by atoms with Gasteiger partial charge in [-0.15, -0.1) is 0 Å². The molecule has 0 spiro atoms. The molecule has 0 aliphatic rings. The minimum atomic E-state index is -0.700. The Balaban J connectivity index is 2.06. The topological polar surface area (TPSA) is 35.2 Å². The summed E-state index contributed by atoms with van der Waals surface area (Å²) >= 11 is 0. The second-order valence-electron chi connectivity index (χ2n) is 3.86. The van der Waals surface area contributed by atoms with E-state index in [4.69, 9.17) is 10.5 Å². The number of halogens is 2. The minimum Gasteiger partial charge on any atom is -0.483 e. The van der Waals surface area contributed by atoms with Crippen molar-refractivity contribution in [2.45, 2.75) is 13.2 Å². The van der Waals surface area contributed by atoms with E-state index >= 15 is 0 Å². The van der Waals surface area contributed by atoms with Gasteiger partial charge in [0.25, 0.3) is 0 Å². The first-order valence-electron chi connectivity index (χ1n) is 5.55. The van der Waals surface area contributed by atoms with Gasteiger partial charge in [0.15, 0.2) is 17.4 Å². The second kappa shape index (κ2) is 5.60. The molecule has 94 valence electrons. The molecule has 0 amide bonds. The quantitative estimate of drug-likeness (QED) is 0.904. The van der Waals surface area contributed by atoms with Crippen molar-refractivity contribution < 1.29 is 13.5 Å². The van der Waals surface area contributed by atoms with Gasteiger partial charge in [-0.05, 0) is 23.3 Å². The van der Waals surface area contributed by atoms with Crippen molar-refractivity contribution in [3.05, 3.63) is 65.2 Å². The van der Waals surface area contributed by atoms with Gasteiger partial charge < -0.3 is 10.5 Å². The maximum absolute atomic E-state index is 13.3. The summed E-state index contributed by atoms with van der Waals surface area (Å²) < 4.78 is 31.7. The number of hydrogen-bond donors (Lipinski definition) is 1. The molecule has 0 fully saturated rings. The fraction of sp³-hybridized carbons (Fsp3) is 0.143. The van der Waals surface area contributed by atoms with Gasteiger partial charge in [-0.1, -0.05) is 30.3 Å². The second-order valence-corrected chi connectivity index (χ2v) is 3.86. The zero-order valence-corrected chi connectivity index (χ0v) is 9.70. The van der Waals surface area contributed by atoms with E-state index < -0.39 is 11.6 Å². The van der Waals surface area contributed by atoms with Gasteiger partial charge in [0, 0.05) is 6.54 Å². The SMILES string of the molecule is NCc1ccc(COc2c(F)cccc2F)cc1. The molecule has 0 saturated carbocycles. The van der Waals surface area contributed by atoms with Crippen molar-refractivity contribution >= 4 is 0 Å². The molecule has 2 aromatic rings. The van der Waals surface area contributed by atoms with Gasteiger partial charge in [-0.25, -0.2) is 8.78 Å². The van der Waals surface area contributed by atoms with Crippen LogP contribution in [0.4, 0.5) is 8.78 Å². The van der Waals surface area contributed by atoms with Crippen LogP contribution in [0.3, 0.4) is 0 Å². The average Bonchev–Trinajstić information content (AvgIpc) is 2.39. The van der Waals surface area contributed by atoms with E-state index in [1.165, 1.54) is 6.07 Å². The average molecular weight is 249 g/mol. The Hall–Kier alpha value is -1.94. The number of hydrogen-bond acceptors (Lipinski definition) is 2. The van der Waals surface area contributed by atoms with E-state index in [-0.39, 0.29) is 12.4 Å². The number of ether oxygens (including phenoxy) is 1. The molecular formula is C14H13F2NO. The van der Waals surface area contributed by atoms with Crippen molar-refractivity contribution in [3.8, 4) is 5.75 Å². The molecule has 0 aromatic heterocycles. The van der Waals surface area contributed by atoms with Gasteiger partial charge in [-0.2, -0.15) is 0 Å². The van der Waals surface area contributed by atoms with Gasteiger partial charge in [-0.3, -0.25) is 0 Å². The lowest BCUT2D eigenvalue weighted by Crippen LogP contribution is -2.01. The Morgan fingerprint density at radius 2 is 1.44 bits per heavy atom. The summed E-state index contributed by atoms with van der Waals surface area (Å²) in [5, 5.41) is 0. The largest absolute Gasteiger partial charge is 0.483 e. The third kappa shape index (κ3) is 2.84. The summed E-state index contributed by atoms with van der Waals surface area (Å²) in [4.78, 5) is 0. The van der Waals surface area contributed by atoms with Crippen LogP contribution in [0, 0.1) is 11.6 Å².